The monoisotopic (exact) mass is 322 g/mol. The van der Waals surface area contributed by atoms with Gasteiger partial charge in [0.1, 0.15) is 0 Å². The van der Waals surface area contributed by atoms with Crippen LogP contribution in [0, 0.1) is 0 Å². The van der Waals surface area contributed by atoms with E-state index in [9.17, 15) is 15.0 Å². The number of ether oxygens (including phenoxy) is 1. The zero-order valence-electron chi connectivity index (χ0n) is 13.3. The number of phenolic OH excluding ortho intramolecular Hbond substituents is 1. The topological polar surface area (TPSA) is 66.8 Å². The van der Waals surface area contributed by atoms with Crippen LogP contribution in [0.3, 0.4) is 0 Å². The first kappa shape index (κ1) is 15.9. The third kappa shape index (κ3) is 3.04. The van der Waals surface area contributed by atoms with Crippen molar-refractivity contribution < 1.29 is 19.7 Å². The fourth-order valence-electron chi connectivity index (χ4n) is 2.97. The maximum absolute atomic E-state index is 11.9. The summed E-state index contributed by atoms with van der Waals surface area (Å²) in [6.07, 6.45) is 0.319. The smallest absolute Gasteiger partial charge is 0.311 e. The Labute approximate surface area is 139 Å². The molecule has 0 spiro atoms. The average Bonchev–Trinajstić information content (AvgIpc) is 2.60. The largest absolute Gasteiger partial charge is 0.504 e. The molecule has 0 aliphatic carbocycles. The SMILES string of the molecule is COc1cc(CC(C(=O)O)c2cccc3ccccc23)ccc1O. The van der Waals surface area contributed by atoms with Gasteiger partial charge >= 0.3 is 5.97 Å². The molecule has 3 aromatic rings. The van der Waals surface area contributed by atoms with Crippen molar-refractivity contribution in [1.82, 2.24) is 0 Å². The van der Waals surface area contributed by atoms with E-state index in [4.69, 9.17) is 4.74 Å². The second-order valence-electron chi connectivity index (χ2n) is 5.67. The molecule has 4 nitrogen and oxygen atoms in total. The van der Waals surface area contributed by atoms with E-state index in [1.165, 1.54) is 13.2 Å². The van der Waals surface area contributed by atoms with Gasteiger partial charge in [-0.1, -0.05) is 48.5 Å². The van der Waals surface area contributed by atoms with Gasteiger partial charge in [-0.15, -0.1) is 0 Å². The van der Waals surface area contributed by atoms with Crippen LogP contribution >= 0.6 is 0 Å². The van der Waals surface area contributed by atoms with Gasteiger partial charge in [0.15, 0.2) is 11.5 Å². The lowest BCUT2D eigenvalue weighted by Crippen LogP contribution is -2.15. The molecule has 0 aliphatic heterocycles. The van der Waals surface area contributed by atoms with Crippen LogP contribution in [-0.2, 0) is 11.2 Å². The molecule has 0 radical (unpaired) electrons. The van der Waals surface area contributed by atoms with E-state index in [1.807, 2.05) is 42.5 Å². The van der Waals surface area contributed by atoms with Crippen molar-refractivity contribution in [2.45, 2.75) is 12.3 Å². The lowest BCUT2D eigenvalue weighted by Gasteiger charge is -2.16. The Morgan fingerprint density at radius 3 is 2.58 bits per heavy atom. The van der Waals surface area contributed by atoms with Crippen LogP contribution in [-0.4, -0.2) is 23.3 Å². The first-order valence-electron chi connectivity index (χ1n) is 7.66. The van der Waals surface area contributed by atoms with E-state index in [0.717, 1.165) is 21.9 Å². The number of hydrogen-bond acceptors (Lipinski definition) is 3. The Hall–Kier alpha value is -3.01. The van der Waals surface area contributed by atoms with Crippen LogP contribution in [0.15, 0.2) is 60.7 Å². The zero-order chi connectivity index (χ0) is 17.1. The number of benzene rings is 3. The highest BCUT2D eigenvalue weighted by atomic mass is 16.5. The Morgan fingerprint density at radius 2 is 1.83 bits per heavy atom. The summed E-state index contributed by atoms with van der Waals surface area (Å²) in [7, 11) is 1.47. The molecule has 3 aromatic carbocycles. The van der Waals surface area contributed by atoms with Crippen molar-refractivity contribution in [2.75, 3.05) is 7.11 Å². The number of carboxylic acid groups (broad SMARTS) is 1. The summed E-state index contributed by atoms with van der Waals surface area (Å²) in [5, 5.41) is 21.4. The van der Waals surface area contributed by atoms with Crippen molar-refractivity contribution in [1.29, 1.82) is 0 Å². The molecule has 2 N–H and O–H groups in total. The van der Waals surface area contributed by atoms with Crippen LogP contribution in [0.1, 0.15) is 17.0 Å². The number of methoxy groups -OCH3 is 1. The molecule has 0 amide bonds. The van der Waals surface area contributed by atoms with Crippen molar-refractivity contribution in [3.8, 4) is 11.5 Å². The highest BCUT2D eigenvalue weighted by Crippen LogP contribution is 2.32. The molecule has 0 bridgehead atoms. The number of carboxylic acids is 1. The fourth-order valence-corrected chi connectivity index (χ4v) is 2.97. The molecule has 3 rings (SSSR count). The van der Waals surface area contributed by atoms with Gasteiger partial charge < -0.3 is 14.9 Å². The van der Waals surface area contributed by atoms with Crippen LogP contribution in [0.5, 0.6) is 11.5 Å². The van der Waals surface area contributed by atoms with Crippen LogP contribution in [0.4, 0.5) is 0 Å². The number of aliphatic carboxylic acids is 1. The van der Waals surface area contributed by atoms with E-state index in [1.54, 1.807) is 12.1 Å². The van der Waals surface area contributed by atoms with Gasteiger partial charge in [-0.3, -0.25) is 4.79 Å². The van der Waals surface area contributed by atoms with Crippen molar-refractivity contribution in [2.24, 2.45) is 0 Å². The molecule has 0 aromatic heterocycles. The molecule has 1 atom stereocenters. The molecule has 4 heteroatoms. The van der Waals surface area contributed by atoms with Gasteiger partial charge in [-0.05, 0) is 40.5 Å². The number of rotatable bonds is 5. The highest BCUT2D eigenvalue weighted by molar-refractivity contribution is 5.90. The Balaban J connectivity index is 2.03. The number of carbonyl (C=O) groups is 1. The molecule has 0 fully saturated rings. The van der Waals surface area contributed by atoms with Gasteiger partial charge in [0.05, 0.1) is 13.0 Å². The Kier molecular flexibility index (Phi) is 4.38. The Morgan fingerprint density at radius 1 is 1.08 bits per heavy atom. The average molecular weight is 322 g/mol. The first-order chi connectivity index (χ1) is 11.6. The minimum atomic E-state index is -0.876. The van der Waals surface area contributed by atoms with Gasteiger partial charge in [0.2, 0.25) is 0 Å². The van der Waals surface area contributed by atoms with E-state index >= 15 is 0 Å². The molecule has 1 unspecified atom stereocenters. The summed E-state index contributed by atoms with van der Waals surface area (Å²) >= 11 is 0. The third-order valence-corrected chi connectivity index (χ3v) is 4.18. The third-order valence-electron chi connectivity index (χ3n) is 4.18. The molecular formula is C20H18O4. The second kappa shape index (κ2) is 6.62. The second-order valence-corrected chi connectivity index (χ2v) is 5.67. The zero-order valence-corrected chi connectivity index (χ0v) is 13.3. The molecule has 0 heterocycles. The summed E-state index contributed by atoms with van der Waals surface area (Å²) in [5.74, 6) is -1.17. The molecule has 0 saturated heterocycles. The van der Waals surface area contributed by atoms with Crippen LogP contribution in [0.25, 0.3) is 10.8 Å². The van der Waals surface area contributed by atoms with E-state index in [-0.39, 0.29) is 5.75 Å². The highest BCUT2D eigenvalue weighted by Gasteiger charge is 2.22. The maximum Gasteiger partial charge on any atom is 0.311 e. The lowest BCUT2D eigenvalue weighted by atomic mass is 9.88. The minimum Gasteiger partial charge on any atom is -0.504 e. The molecule has 0 saturated carbocycles. The van der Waals surface area contributed by atoms with Gasteiger partial charge in [-0.2, -0.15) is 0 Å². The van der Waals surface area contributed by atoms with Crippen molar-refractivity contribution in [3.63, 3.8) is 0 Å². The van der Waals surface area contributed by atoms with Gasteiger partial charge in [-0.25, -0.2) is 0 Å². The van der Waals surface area contributed by atoms with Crippen LogP contribution < -0.4 is 4.74 Å². The maximum atomic E-state index is 11.9. The number of phenols is 1. The van der Waals surface area contributed by atoms with E-state index in [0.29, 0.717) is 12.2 Å². The Bertz CT molecular complexity index is 880. The summed E-state index contributed by atoms with van der Waals surface area (Å²) < 4.78 is 5.11. The normalized spacial score (nSPS) is 12.0. The number of fused-ring (bicyclic) bond motifs is 1. The molecule has 24 heavy (non-hydrogen) atoms. The predicted molar refractivity (Wildman–Crippen MR) is 92.7 cm³/mol. The summed E-state index contributed by atoms with van der Waals surface area (Å²) in [6.45, 7) is 0. The minimum absolute atomic E-state index is 0.0401. The number of aromatic hydroxyl groups is 1. The quantitative estimate of drug-likeness (QED) is 0.746. The van der Waals surface area contributed by atoms with Crippen molar-refractivity contribution in [3.05, 3.63) is 71.8 Å². The van der Waals surface area contributed by atoms with E-state index in [2.05, 4.69) is 0 Å². The number of hydrogen-bond donors (Lipinski definition) is 2. The summed E-state index contributed by atoms with van der Waals surface area (Å²) in [6, 6.07) is 18.4. The van der Waals surface area contributed by atoms with Crippen molar-refractivity contribution >= 4 is 16.7 Å². The van der Waals surface area contributed by atoms with Gasteiger partial charge in [0.25, 0.3) is 0 Å². The van der Waals surface area contributed by atoms with Gasteiger partial charge in [0, 0.05) is 0 Å². The fraction of sp³-hybridized carbons (Fsp3) is 0.150. The summed E-state index contributed by atoms with van der Waals surface area (Å²) in [4.78, 5) is 11.9. The lowest BCUT2D eigenvalue weighted by molar-refractivity contribution is -0.138. The molecule has 122 valence electrons. The standard InChI is InChI=1S/C20H18O4/c1-24-19-12-13(9-10-18(19)21)11-17(20(22)23)16-8-4-6-14-5-2-3-7-15(14)16/h2-10,12,17,21H,11H2,1H3,(H,22,23). The molecular weight excluding hydrogens is 304 g/mol. The predicted octanol–water partition coefficient (Wildman–Crippen LogP) is 3.96. The summed E-state index contributed by atoms with van der Waals surface area (Å²) in [5.41, 5.74) is 1.58. The molecule has 0 aliphatic rings. The van der Waals surface area contributed by atoms with E-state index < -0.39 is 11.9 Å². The first-order valence-corrected chi connectivity index (χ1v) is 7.66. The van der Waals surface area contributed by atoms with Crippen LogP contribution in [0.2, 0.25) is 0 Å².